The SMILES string of the molecule is CC(C)(C)C1=CC[C-]=C1.Cl.Cl.[CH3-].[CH3-].[Si]=[Zr].c1ccc2[cH-]ccc2c1. The van der Waals surface area contributed by atoms with E-state index in [0.29, 0.717) is 5.41 Å². The van der Waals surface area contributed by atoms with Crippen LogP contribution in [0.2, 0.25) is 0 Å². The number of hydrogen-bond acceptors (Lipinski definition) is 0. The van der Waals surface area contributed by atoms with Crippen molar-refractivity contribution in [3.63, 3.8) is 0 Å². The number of fused-ring (bicyclic) bond motifs is 1. The van der Waals surface area contributed by atoms with Gasteiger partial charge in [-0.3, -0.25) is 6.08 Å². The Bertz CT molecular complexity index is 565. The van der Waals surface area contributed by atoms with Crippen LogP contribution in [0.25, 0.3) is 10.8 Å². The monoisotopic (exact) mass is 456 g/mol. The van der Waals surface area contributed by atoms with Crippen molar-refractivity contribution in [3.8, 4) is 0 Å². The van der Waals surface area contributed by atoms with Crippen LogP contribution in [-0.4, -0.2) is 6.88 Å². The third-order valence-electron chi connectivity index (χ3n) is 3.11. The van der Waals surface area contributed by atoms with E-state index in [-0.39, 0.29) is 39.7 Å². The van der Waals surface area contributed by atoms with Crippen LogP contribution in [0, 0.1) is 26.3 Å². The van der Waals surface area contributed by atoms with Crippen molar-refractivity contribution in [2.45, 2.75) is 27.2 Å². The van der Waals surface area contributed by atoms with Gasteiger partial charge in [-0.25, -0.2) is 6.08 Å². The topological polar surface area (TPSA) is 0 Å². The third kappa shape index (κ3) is 10.8. The maximum absolute atomic E-state index is 3.16. The minimum Gasteiger partial charge on any atom is -0.168 e. The number of allylic oxidation sites excluding steroid dienone is 4. The molecule has 24 heavy (non-hydrogen) atoms. The Morgan fingerprint density at radius 1 is 1.04 bits per heavy atom. The van der Waals surface area contributed by atoms with Crippen LogP contribution in [-0.2, 0) is 23.3 Å². The molecular weight excluding hydrogens is 430 g/mol. The molecule has 0 bridgehead atoms. The smallest absolute Gasteiger partial charge is 0.0809 e. The van der Waals surface area contributed by atoms with Crippen LogP contribution in [0.5, 0.6) is 0 Å². The molecule has 2 radical (unpaired) electrons. The number of halogens is 2. The minimum absolute atomic E-state index is 0. The number of hydrogen-bond donors (Lipinski definition) is 0. The van der Waals surface area contributed by atoms with Crippen molar-refractivity contribution in [2.75, 3.05) is 0 Å². The van der Waals surface area contributed by atoms with E-state index in [1.165, 1.54) is 39.7 Å². The summed E-state index contributed by atoms with van der Waals surface area (Å²) in [6.45, 7) is 9.74. The fourth-order valence-electron chi connectivity index (χ4n) is 1.99. The van der Waals surface area contributed by atoms with Gasteiger partial charge in [0, 0.05) is 0 Å². The Kier molecular flexibility index (Phi) is 21.8. The summed E-state index contributed by atoms with van der Waals surface area (Å²) < 4.78 is 0. The van der Waals surface area contributed by atoms with Crippen LogP contribution in [0.4, 0.5) is 0 Å². The van der Waals surface area contributed by atoms with Crippen molar-refractivity contribution >= 4 is 42.5 Å². The summed E-state index contributed by atoms with van der Waals surface area (Å²) in [6.07, 6.45) is 8.50. The van der Waals surface area contributed by atoms with Crippen molar-refractivity contribution in [2.24, 2.45) is 5.41 Å². The molecule has 0 saturated carbocycles. The first kappa shape index (κ1) is 31.7. The predicted molar refractivity (Wildman–Crippen MR) is 113 cm³/mol. The van der Waals surface area contributed by atoms with E-state index in [2.05, 4.69) is 88.3 Å². The van der Waals surface area contributed by atoms with E-state index in [0.717, 1.165) is 6.42 Å². The van der Waals surface area contributed by atoms with Gasteiger partial charge in [0.25, 0.3) is 0 Å². The second-order valence-electron chi connectivity index (χ2n) is 5.62. The van der Waals surface area contributed by atoms with Crippen LogP contribution < -0.4 is 0 Å². The van der Waals surface area contributed by atoms with Gasteiger partial charge in [-0.15, -0.1) is 60.9 Å². The van der Waals surface area contributed by atoms with Crippen LogP contribution >= 0.6 is 24.8 Å². The van der Waals surface area contributed by atoms with E-state index in [1.807, 2.05) is 0 Å². The molecule has 0 fully saturated rings. The molecule has 4 heteroatoms. The molecule has 3 rings (SSSR count). The molecule has 0 saturated heterocycles. The van der Waals surface area contributed by atoms with Gasteiger partial charge in [-0.2, -0.15) is 29.2 Å². The molecule has 0 heterocycles. The second-order valence-corrected chi connectivity index (χ2v) is 5.62. The summed E-state index contributed by atoms with van der Waals surface area (Å²) in [6, 6.07) is 14.7. The average Bonchev–Trinajstić information content (AvgIpc) is 3.12. The zero-order valence-electron chi connectivity index (χ0n) is 15.2. The van der Waals surface area contributed by atoms with Gasteiger partial charge in [0.1, 0.15) is 0 Å². The van der Waals surface area contributed by atoms with Crippen molar-refractivity contribution in [1.82, 2.24) is 0 Å². The molecule has 2 aromatic rings. The van der Waals surface area contributed by atoms with Crippen LogP contribution in [0.1, 0.15) is 27.2 Å². The average molecular weight is 459 g/mol. The van der Waals surface area contributed by atoms with E-state index < -0.39 is 0 Å². The van der Waals surface area contributed by atoms with Crippen LogP contribution in [0.3, 0.4) is 0 Å². The first-order valence-corrected chi connectivity index (χ1v) is 10.9. The Morgan fingerprint density at radius 2 is 1.62 bits per heavy atom. The quantitative estimate of drug-likeness (QED) is 0.307. The maximum atomic E-state index is 3.16. The van der Waals surface area contributed by atoms with Gasteiger partial charge in [0.2, 0.25) is 0 Å². The zero-order valence-corrected chi connectivity index (χ0v) is 20.3. The fraction of sp³-hybridized carbons (Fsp3) is 0.250. The molecule has 0 aromatic heterocycles. The number of benzene rings is 1. The van der Waals surface area contributed by atoms with E-state index in [9.17, 15) is 0 Å². The first-order chi connectivity index (χ1) is 9.57. The largest absolute Gasteiger partial charge is 0.168 e. The molecule has 0 unspecified atom stereocenters. The molecule has 0 aliphatic heterocycles. The summed E-state index contributed by atoms with van der Waals surface area (Å²) in [4.78, 5) is 0. The minimum atomic E-state index is 0. The van der Waals surface area contributed by atoms with Gasteiger partial charge in [-0.05, 0) is 0 Å². The summed E-state index contributed by atoms with van der Waals surface area (Å²) in [5.41, 5.74) is 1.74. The van der Waals surface area contributed by atoms with E-state index in [4.69, 9.17) is 0 Å². The molecule has 0 nitrogen and oxygen atoms in total. The van der Waals surface area contributed by atoms with Gasteiger partial charge < -0.3 is 14.9 Å². The Morgan fingerprint density at radius 3 is 2.04 bits per heavy atom. The van der Waals surface area contributed by atoms with E-state index >= 15 is 0 Å². The van der Waals surface area contributed by atoms with Crippen molar-refractivity contribution in [1.29, 1.82) is 0 Å². The van der Waals surface area contributed by atoms with Gasteiger partial charge in [0.05, 0.1) is 0 Å². The molecule has 1 aliphatic carbocycles. The van der Waals surface area contributed by atoms with E-state index in [1.54, 1.807) is 0 Å². The zero-order chi connectivity index (χ0) is 15.0. The van der Waals surface area contributed by atoms with Crippen LogP contribution in [0.15, 0.2) is 60.2 Å². The molecule has 2 aromatic carbocycles. The first-order valence-electron chi connectivity index (χ1n) is 6.70. The Labute approximate surface area is 178 Å². The molecule has 0 N–H and O–H groups in total. The van der Waals surface area contributed by atoms with Crippen molar-refractivity contribution in [3.05, 3.63) is 81.1 Å². The standard InChI is InChI=1S/C9H7.C9H13.2CH3.2ClH.Si.Zr/c1-2-5-9-7-3-6-8(9)4-1;1-9(2,3)8-6-4-5-7-8;;;;;;/h1-7H;6-7H,4H2,1-3H3;2*1H3;2*1H;;/q4*-1;;;;. The third-order valence-corrected chi connectivity index (χ3v) is 3.11. The molecular formula is C20H28Cl2SiZr-4. The van der Waals surface area contributed by atoms with Gasteiger partial charge in [-0.1, -0.05) is 32.3 Å². The summed E-state index contributed by atoms with van der Waals surface area (Å²) in [5.74, 6) is 0. The Balaban J connectivity index is -0.000000131. The second kappa shape index (κ2) is 16.5. The fourth-order valence-corrected chi connectivity index (χ4v) is 1.99. The van der Waals surface area contributed by atoms with Gasteiger partial charge in [0.15, 0.2) is 0 Å². The molecule has 0 atom stereocenters. The maximum Gasteiger partial charge on any atom is -0.0809 e. The molecule has 1 aliphatic rings. The normalized spacial score (nSPS) is 10.8. The molecule has 134 valence electrons. The van der Waals surface area contributed by atoms with Crippen molar-refractivity contribution < 1.29 is 23.3 Å². The van der Waals surface area contributed by atoms with Gasteiger partial charge >= 0.3 is 30.2 Å². The molecule has 0 spiro atoms. The molecule has 0 amide bonds. The summed E-state index contributed by atoms with van der Waals surface area (Å²) >= 11 is 1.36. The summed E-state index contributed by atoms with van der Waals surface area (Å²) in [7, 11) is 0. The summed E-state index contributed by atoms with van der Waals surface area (Å²) in [5, 5.41) is 2.66. The number of rotatable bonds is 0. The Hall–Kier alpha value is -0.0100. The predicted octanol–water partition coefficient (Wildman–Crippen LogP) is 6.64.